The summed E-state index contributed by atoms with van der Waals surface area (Å²) in [5, 5.41) is 8.66. The van der Waals surface area contributed by atoms with Crippen molar-refractivity contribution in [1.82, 2.24) is 4.98 Å². The van der Waals surface area contributed by atoms with E-state index >= 15 is 0 Å². The summed E-state index contributed by atoms with van der Waals surface area (Å²) in [7, 11) is -3.52. The van der Waals surface area contributed by atoms with Crippen LogP contribution in [0, 0.1) is 0 Å². The largest absolute Gasteiger partial charge is 0.477 e. The number of carbonyl (C=O) groups is 1. The Morgan fingerprint density at radius 1 is 1.62 bits per heavy atom. The third-order valence-electron chi connectivity index (χ3n) is 1.59. The van der Waals surface area contributed by atoms with E-state index in [4.69, 9.17) is 5.11 Å². The Hall–Kier alpha value is -1.89. The molecule has 0 fully saturated rings. The fraction of sp³-hybridized carbons (Fsp3) is 0.111. The number of nitrogens with one attached hydrogen (secondary N) is 1. The lowest BCUT2D eigenvalue weighted by molar-refractivity contribution is 0.0690. The van der Waals surface area contributed by atoms with Crippen molar-refractivity contribution in [2.75, 3.05) is 10.5 Å². The van der Waals surface area contributed by atoms with Crippen molar-refractivity contribution in [2.45, 2.75) is 0 Å². The summed E-state index contributed by atoms with van der Waals surface area (Å²) in [6, 6.07) is 2.51. The van der Waals surface area contributed by atoms with Gasteiger partial charge >= 0.3 is 5.97 Å². The highest BCUT2D eigenvalue weighted by atomic mass is 32.2. The smallest absolute Gasteiger partial charge is 0.354 e. The zero-order chi connectivity index (χ0) is 12.2. The number of carboxylic acid groups (broad SMARTS) is 1. The minimum atomic E-state index is -3.52. The Bertz CT molecular complexity index is 510. The standard InChI is InChI=1S/C9H10N2O4S/c1-2-5-16(14,15)11-7-3-4-10-8(6-7)9(12)13/h2-4,6H,1,5H2,(H,10,11)(H,12,13). The van der Waals surface area contributed by atoms with E-state index < -0.39 is 16.0 Å². The molecule has 0 radical (unpaired) electrons. The third-order valence-corrected chi connectivity index (χ3v) is 2.81. The van der Waals surface area contributed by atoms with Crippen LogP contribution in [-0.4, -0.2) is 30.2 Å². The lowest BCUT2D eigenvalue weighted by Gasteiger charge is -2.05. The predicted octanol–water partition coefficient (Wildman–Crippen LogP) is 0.707. The first kappa shape index (κ1) is 12.2. The van der Waals surface area contributed by atoms with Crippen LogP contribution in [0.1, 0.15) is 10.5 Å². The summed E-state index contributed by atoms with van der Waals surface area (Å²) in [6.45, 7) is 3.31. The molecule has 0 unspecified atom stereocenters. The van der Waals surface area contributed by atoms with Crippen molar-refractivity contribution < 1.29 is 18.3 Å². The average Bonchev–Trinajstić information content (AvgIpc) is 2.17. The molecule has 16 heavy (non-hydrogen) atoms. The molecule has 7 heteroatoms. The molecular weight excluding hydrogens is 232 g/mol. The van der Waals surface area contributed by atoms with E-state index in [9.17, 15) is 13.2 Å². The number of rotatable bonds is 5. The second-order valence-corrected chi connectivity index (χ2v) is 4.67. The highest BCUT2D eigenvalue weighted by Gasteiger charge is 2.10. The molecule has 1 aromatic heterocycles. The van der Waals surface area contributed by atoms with Gasteiger partial charge in [-0.15, -0.1) is 6.58 Å². The van der Waals surface area contributed by atoms with Crippen LogP contribution in [0.5, 0.6) is 0 Å². The molecule has 0 aromatic carbocycles. The minimum absolute atomic E-state index is 0.161. The van der Waals surface area contributed by atoms with Gasteiger partial charge in [0.25, 0.3) is 0 Å². The van der Waals surface area contributed by atoms with Gasteiger partial charge < -0.3 is 5.11 Å². The molecule has 0 saturated carbocycles. The minimum Gasteiger partial charge on any atom is -0.477 e. The molecule has 0 spiro atoms. The van der Waals surface area contributed by atoms with Gasteiger partial charge in [0.1, 0.15) is 5.69 Å². The maximum absolute atomic E-state index is 11.3. The van der Waals surface area contributed by atoms with Crippen LogP contribution >= 0.6 is 0 Å². The number of nitrogens with zero attached hydrogens (tertiary/aromatic N) is 1. The molecule has 0 atom stereocenters. The van der Waals surface area contributed by atoms with E-state index in [0.29, 0.717) is 0 Å². The van der Waals surface area contributed by atoms with Gasteiger partial charge in [0, 0.05) is 6.20 Å². The Morgan fingerprint density at radius 3 is 2.88 bits per heavy atom. The van der Waals surface area contributed by atoms with E-state index in [2.05, 4.69) is 16.3 Å². The highest BCUT2D eigenvalue weighted by molar-refractivity contribution is 7.92. The molecule has 2 N–H and O–H groups in total. The van der Waals surface area contributed by atoms with E-state index in [1.165, 1.54) is 18.3 Å². The van der Waals surface area contributed by atoms with Gasteiger partial charge in [0.15, 0.2) is 0 Å². The number of hydrogen-bond acceptors (Lipinski definition) is 4. The van der Waals surface area contributed by atoms with Crippen molar-refractivity contribution in [1.29, 1.82) is 0 Å². The summed E-state index contributed by atoms with van der Waals surface area (Å²) in [4.78, 5) is 14.1. The number of carboxylic acids is 1. The van der Waals surface area contributed by atoms with Crippen LogP contribution < -0.4 is 4.72 Å². The van der Waals surface area contributed by atoms with E-state index in [-0.39, 0.29) is 17.1 Å². The van der Waals surface area contributed by atoms with Crippen LogP contribution in [0.3, 0.4) is 0 Å². The molecule has 1 rings (SSSR count). The fourth-order valence-electron chi connectivity index (χ4n) is 0.987. The number of pyridine rings is 1. The van der Waals surface area contributed by atoms with Crippen LogP contribution in [0.15, 0.2) is 31.0 Å². The van der Waals surface area contributed by atoms with Crippen molar-refractivity contribution in [2.24, 2.45) is 0 Å². The number of hydrogen-bond donors (Lipinski definition) is 2. The van der Waals surface area contributed by atoms with Gasteiger partial charge in [0.2, 0.25) is 10.0 Å². The first-order valence-electron chi connectivity index (χ1n) is 4.25. The molecule has 1 aromatic rings. The Balaban J connectivity index is 2.94. The topological polar surface area (TPSA) is 96.4 Å². The maximum Gasteiger partial charge on any atom is 0.354 e. The average molecular weight is 242 g/mol. The first-order valence-corrected chi connectivity index (χ1v) is 5.90. The van der Waals surface area contributed by atoms with Crippen LogP contribution in [0.2, 0.25) is 0 Å². The Kier molecular flexibility index (Phi) is 3.62. The van der Waals surface area contributed by atoms with Crippen LogP contribution in [0.25, 0.3) is 0 Å². The van der Waals surface area contributed by atoms with E-state index in [1.807, 2.05) is 0 Å². The zero-order valence-electron chi connectivity index (χ0n) is 8.25. The molecule has 6 nitrogen and oxygen atoms in total. The fourth-order valence-corrected chi connectivity index (χ4v) is 1.87. The molecule has 0 amide bonds. The van der Waals surface area contributed by atoms with Crippen molar-refractivity contribution in [3.63, 3.8) is 0 Å². The second kappa shape index (κ2) is 4.75. The van der Waals surface area contributed by atoms with Crippen LogP contribution in [0.4, 0.5) is 5.69 Å². The van der Waals surface area contributed by atoms with Crippen molar-refractivity contribution in [3.8, 4) is 0 Å². The molecule has 1 heterocycles. The number of anilines is 1. The second-order valence-electron chi connectivity index (χ2n) is 2.91. The van der Waals surface area contributed by atoms with Crippen molar-refractivity contribution in [3.05, 3.63) is 36.7 Å². The molecule has 0 aliphatic rings. The first-order chi connectivity index (χ1) is 7.44. The summed E-state index contributed by atoms with van der Waals surface area (Å²) in [5.41, 5.74) is -0.0620. The van der Waals surface area contributed by atoms with Gasteiger partial charge in [-0.05, 0) is 12.1 Å². The lowest BCUT2D eigenvalue weighted by Crippen LogP contribution is -2.15. The summed E-state index contributed by atoms with van der Waals surface area (Å²) >= 11 is 0. The van der Waals surface area contributed by atoms with Gasteiger partial charge in [-0.2, -0.15) is 0 Å². The quantitative estimate of drug-likeness (QED) is 0.741. The molecule has 0 aliphatic heterocycles. The third kappa shape index (κ3) is 3.35. The monoisotopic (exact) mass is 242 g/mol. The number of sulfonamides is 1. The Morgan fingerprint density at radius 2 is 2.31 bits per heavy atom. The van der Waals surface area contributed by atoms with E-state index in [0.717, 1.165) is 6.07 Å². The summed E-state index contributed by atoms with van der Waals surface area (Å²) in [5.74, 6) is -1.46. The summed E-state index contributed by atoms with van der Waals surface area (Å²) in [6.07, 6.45) is 2.46. The molecular formula is C9H10N2O4S. The zero-order valence-corrected chi connectivity index (χ0v) is 9.07. The molecule has 0 saturated heterocycles. The lowest BCUT2D eigenvalue weighted by atomic mass is 10.3. The SMILES string of the molecule is C=CCS(=O)(=O)Nc1ccnc(C(=O)O)c1. The number of aromatic nitrogens is 1. The number of aromatic carboxylic acids is 1. The van der Waals surface area contributed by atoms with Gasteiger partial charge in [0.05, 0.1) is 11.4 Å². The molecule has 0 bridgehead atoms. The molecule has 0 aliphatic carbocycles. The van der Waals surface area contributed by atoms with E-state index in [1.54, 1.807) is 0 Å². The predicted molar refractivity (Wildman–Crippen MR) is 58.8 cm³/mol. The van der Waals surface area contributed by atoms with Gasteiger partial charge in [-0.1, -0.05) is 6.08 Å². The van der Waals surface area contributed by atoms with Gasteiger partial charge in [-0.25, -0.2) is 18.2 Å². The van der Waals surface area contributed by atoms with Crippen LogP contribution in [-0.2, 0) is 10.0 Å². The maximum atomic E-state index is 11.3. The van der Waals surface area contributed by atoms with Gasteiger partial charge in [-0.3, -0.25) is 4.72 Å². The summed E-state index contributed by atoms with van der Waals surface area (Å²) < 4.78 is 24.9. The normalized spacial score (nSPS) is 10.8. The Labute approximate surface area is 92.7 Å². The molecule has 86 valence electrons. The highest BCUT2D eigenvalue weighted by Crippen LogP contribution is 2.10. The van der Waals surface area contributed by atoms with Crippen molar-refractivity contribution >= 4 is 21.7 Å².